The summed E-state index contributed by atoms with van der Waals surface area (Å²) in [6.45, 7) is 2.98. The van der Waals surface area contributed by atoms with Crippen molar-refractivity contribution in [1.29, 1.82) is 0 Å². The van der Waals surface area contributed by atoms with E-state index in [4.69, 9.17) is 9.47 Å². The highest BCUT2D eigenvalue weighted by Crippen LogP contribution is 2.32. The molecule has 3 aromatic carbocycles. The minimum atomic E-state index is 0.294. The van der Waals surface area contributed by atoms with Gasteiger partial charge in [-0.2, -0.15) is 0 Å². The Morgan fingerprint density at radius 3 is 2.23 bits per heavy atom. The minimum Gasteiger partial charge on any atom is -0.497 e. The third kappa shape index (κ3) is 4.24. The zero-order chi connectivity index (χ0) is 18.4. The van der Waals surface area contributed by atoms with Crippen LogP contribution < -0.4 is 14.8 Å². The molecule has 1 N–H and O–H groups in total. The molecular formula is C23H25NO2. The smallest absolute Gasteiger partial charge is 0.126 e. The molecular weight excluding hydrogens is 322 g/mol. The molecule has 0 bridgehead atoms. The lowest BCUT2D eigenvalue weighted by Crippen LogP contribution is -2.18. The molecule has 3 nitrogen and oxygen atoms in total. The molecule has 1 atom stereocenters. The van der Waals surface area contributed by atoms with Gasteiger partial charge in [-0.3, -0.25) is 0 Å². The van der Waals surface area contributed by atoms with Gasteiger partial charge < -0.3 is 14.8 Å². The first-order chi connectivity index (χ1) is 12.7. The fourth-order valence-corrected chi connectivity index (χ4v) is 2.99. The van der Waals surface area contributed by atoms with E-state index in [0.29, 0.717) is 6.04 Å². The summed E-state index contributed by atoms with van der Waals surface area (Å²) in [6, 6.07) is 25.2. The van der Waals surface area contributed by atoms with Crippen LogP contribution in [-0.4, -0.2) is 14.2 Å². The Morgan fingerprint density at radius 2 is 1.58 bits per heavy atom. The zero-order valence-electron chi connectivity index (χ0n) is 15.5. The van der Waals surface area contributed by atoms with E-state index in [9.17, 15) is 0 Å². The van der Waals surface area contributed by atoms with Crippen molar-refractivity contribution in [3.8, 4) is 22.6 Å². The molecule has 0 amide bonds. The average molecular weight is 347 g/mol. The maximum absolute atomic E-state index is 5.55. The van der Waals surface area contributed by atoms with Gasteiger partial charge in [0.15, 0.2) is 0 Å². The summed E-state index contributed by atoms with van der Waals surface area (Å²) < 4.78 is 10.8. The fraction of sp³-hybridized carbons (Fsp3) is 0.217. The Hall–Kier alpha value is -2.78. The Morgan fingerprint density at radius 1 is 0.846 bits per heavy atom. The Bertz CT molecular complexity index is 829. The third-order valence-corrected chi connectivity index (χ3v) is 4.58. The van der Waals surface area contributed by atoms with E-state index < -0.39 is 0 Å². The third-order valence-electron chi connectivity index (χ3n) is 4.58. The van der Waals surface area contributed by atoms with Crippen molar-refractivity contribution in [3.05, 3.63) is 83.9 Å². The minimum absolute atomic E-state index is 0.294. The van der Waals surface area contributed by atoms with Crippen molar-refractivity contribution in [2.75, 3.05) is 14.2 Å². The molecule has 0 saturated carbocycles. The van der Waals surface area contributed by atoms with Crippen LogP contribution in [0.25, 0.3) is 11.1 Å². The van der Waals surface area contributed by atoms with Crippen LogP contribution in [0.2, 0.25) is 0 Å². The monoisotopic (exact) mass is 347 g/mol. The van der Waals surface area contributed by atoms with Gasteiger partial charge >= 0.3 is 0 Å². The number of rotatable bonds is 7. The summed E-state index contributed by atoms with van der Waals surface area (Å²) in [5.41, 5.74) is 4.71. The van der Waals surface area contributed by atoms with Crippen molar-refractivity contribution in [2.24, 2.45) is 0 Å². The summed E-state index contributed by atoms with van der Waals surface area (Å²) in [5.74, 6) is 1.72. The molecule has 3 rings (SSSR count). The van der Waals surface area contributed by atoms with Crippen LogP contribution in [0.15, 0.2) is 72.8 Å². The molecule has 0 aromatic heterocycles. The van der Waals surface area contributed by atoms with Crippen LogP contribution in [0.3, 0.4) is 0 Å². The van der Waals surface area contributed by atoms with E-state index in [1.54, 1.807) is 14.2 Å². The second-order valence-corrected chi connectivity index (χ2v) is 6.28. The topological polar surface area (TPSA) is 30.5 Å². The van der Waals surface area contributed by atoms with E-state index >= 15 is 0 Å². The quantitative estimate of drug-likeness (QED) is 0.635. The predicted octanol–water partition coefficient (Wildman–Crippen LogP) is 5.22. The van der Waals surface area contributed by atoms with Crippen LogP contribution in [0.4, 0.5) is 0 Å². The number of hydrogen-bond acceptors (Lipinski definition) is 3. The van der Waals surface area contributed by atoms with Crippen LogP contribution in [0, 0.1) is 0 Å². The van der Waals surface area contributed by atoms with Crippen molar-refractivity contribution in [3.63, 3.8) is 0 Å². The van der Waals surface area contributed by atoms with Crippen LogP contribution in [0.5, 0.6) is 11.5 Å². The average Bonchev–Trinajstić information content (AvgIpc) is 2.72. The molecule has 0 aliphatic heterocycles. The largest absolute Gasteiger partial charge is 0.497 e. The number of benzene rings is 3. The SMILES string of the molecule is COc1ccc(-c2cc(CN[C@H](C)c3ccccc3)ccc2OC)cc1. The lowest BCUT2D eigenvalue weighted by atomic mass is 10.0. The van der Waals surface area contributed by atoms with Crippen molar-refractivity contribution < 1.29 is 9.47 Å². The Labute approximate surface area is 155 Å². The van der Waals surface area contributed by atoms with Crippen molar-refractivity contribution >= 4 is 0 Å². The van der Waals surface area contributed by atoms with E-state index in [2.05, 4.69) is 60.8 Å². The van der Waals surface area contributed by atoms with Crippen LogP contribution in [-0.2, 0) is 6.54 Å². The molecule has 0 aliphatic rings. The van der Waals surface area contributed by atoms with Gasteiger partial charge in [0, 0.05) is 18.2 Å². The summed E-state index contributed by atoms with van der Waals surface area (Å²) in [6.07, 6.45) is 0. The van der Waals surface area contributed by atoms with Gasteiger partial charge in [0.25, 0.3) is 0 Å². The molecule has 0 fully saturated rings. The first-order valence-electron chi connectivity index (χ1n) is 8.81. The molecule has 3 heteroatoms. The van der Waals surface area contributed by atoms with Crippen molar-refractivity contribution in [2.45, 2.75) is 19.5 Å². The highest BCUT2D eigenvalue weighted by molar-refractivity contribution is 5.71. The van der Waals surface area contributed by atoms with Gasteiger partial charge in [-0.15, -0.1) is 0 Å². The zero-order valence-corrected chi connectivity index (χ0v) is 15.5. The number of ether oxygens (including phenoxy) is 2. The maximum Gasteiger partial charge on any atom is 0.126 e. The second-order valence-electron chi connectivity index (χ2n) is 6.28. The highest BCUT2D eigenvalue weighted by atomic mass is 16.5. The van der Waals surface area contributed by atoms with Crippen molar-refractivity contribution in [1.82, 2.24) is 5.32 Å². The fourth-order valence-electron chi connectivity index (χ4n) is 2.99. The first kappa shape index (κ1) is 18.0. The molecule has 0 spiro atoms. The summed E-state index contributed by atoms with van der Waals surface area (Å²) in [7, 11) is 3.38. The molecule has 0 aliphatic carbocycles. The number of hydrogen-bond donors (Lipinski definition) is 1. The molecule has 3 aromatic rings. The van der Waals surface area contributed by atoms with Gasteiger partial charge in [-0.25, -0.2) is 0 Å². The summed E-state index contributed by atoms with van der Waals surface area (Å²) in [5, 5.41) is 3.59. The van der Waals surface area contributed by atoms with E-state index in [0.717, 1.165) is 29.2 Å². The maximum atomic E-state index is 5.55. The molecule has 0 unspecified atom stereocenters. The molecule has 26 heavy (non-hydrogen) atoms. The van der Waals surface area contributed by atoms with Gasteiger partial charge in [0.05, 0.1) is 14.2 Å². The Balaban J connectivity index is 1.78. The summed E-state index contributed by atoms with van der Waals surface area (Å²) in [4.78, 5) is 0. The second kappa shape index (κ2) is 8.54. The van der Waals surface area contributed by atoms with Gasteiger partial charge in [-0.05, 0) is 47.9 Å². The van der Waals surface area contributed by atoms with Gasteiger partial charge in [0.1, 0.15) is 11.5 Å². The molecule has 0 saturated heterocycles. The summed E-state index contributed by atoms with van der Waals surface area (Å²) >= 11 is 0. The standard InChI is InChI=1S/C23H25NO2/c1-17(19-7-5-4-6-8-19)24-16-18-9-14-23(26-3)22(15-18)20-10-12-21(25-2)13-11-20/h4-15,17,24H,16H2,1-3H3/t17-/m1/s1. The number of nitrogens with one attached hydrogen (secondary N) is 1. The first-order valence-corrected chi connectivity index (χ1v) is 8.81. The predicted molar refractivity (Wildman–Crippen MR) is 107 cm³/mol. The number of methoxy groups -OCH3 is 2. The van der Waals surface area contributed by atoms with Gasteiger partial charge in [-0.1, -0.05) is 48.5 Å². The van der Waals surface area contributed by atoms with E-state index in [1.165, 1.54) is 11.1 Å². The van der Waals surface area contributed by atoms with Crippen LogP contribution >= 0.6 is 0 Å². The van der Waals surface area contributed by atoms with E-state index in [-0.39, 0.29) is 0 Å². The van der Waals surface area contributed by atoms with Gasteiger partial charge in [0.2, 0.25) is 0 Å². The lowest BCUT2D eigenvalue weighted by Gasteiger charge is -2.16. The molecule has 134 valence electrons. The normalized spacial score (nSPS) is 11.8. The highest BCUT2D eigenvalue weighted by Gasteiger charge is 2.09. The molecule has 0 heterocycles. The Kier molecular flexibility index (Phi) is 5.92. The van der Waals surface area contributed by atoms with E-state index in [1.807, 2.05) is 24.3 Å². The molecule has 0 radical (unpaired) electrons. The van der Waals surface area contributed by atoms with Crippen LogP contribution in [0.1, 0.15) is 24.1 Å². The lowest BCUT2D eigenvalue weighted by molar-refractivity contribution is 0.414.